The third-order valence-electron chi connectivity index (χ3n) is 10.1. The minimum atomic E-state index is -0.562. The lowest BCUT2D eigenvalue weighted by molar-refractivity contribution is -0.139. The number of carbonyl (C=O) groups excluding carboxylic acids is 2. The van der Waals surface area contributed by atoms with Crippen LogP contribution in [0.5, 0.6) is 5.75 Å². The maximum atomic E-state index is 13.4. The van der Waals surface area contributed by atoms with Gasteiger partial charge in [-0.05, 0) is 121 Å². The molecule has 0 radical (unpaired) electrons. The molecular formula is C39H56N4O4. The lowest BCUT2D eigenvalue weighted by Gasteiger charge is -2.37. The smallest absolute Gasteiger partial charge is 0.338 e. The van der Waals surface area contributed by atoms with Crippen molar-refractivity contribution in [3.63, 3.8) is 0 Å². The summed E-state index contributed by atoms with van der Waals surface area (Å²) in [6.45, 7) is 12.1. The first kappa shape index (κ1) is 35.0. The number of allylic oxidation sites excluding steroid dienone is 1. The van der Waals surface area contributed by atoms with Gasteiger partial charge in [-0.1, -0.05) is 61.7 Å². The Morgan fingerprint density at radius 1 is 0.851 bits per heavy atom. The zero-order chi connectivity index (χ0) is 32.8. The van der Waals surface area contributed by atoms with Gasteiger partial charge in [-0.25, -0.2) is 9.59 Å². The van der Waals surface area contributed by atoms with Gasteiger partial charge in [0.15, 0.2) is 0 Å². The van der Waals surface area contributed by atoms with Crippen molar-refractivity contribution in [1.82, 2.24) is 20.0 Å². The van der Waals surface area contributed by atoms with Gasteiger partial charge in [-0.2, -0.15) is 0 Å². The maximum Gasteiger partial charge on any atom is 0.338 e. The molecule has 5 rings (SSSR count). The van der Waals surface area contributed by atoms with Crippen molar-refractivity contribution in [1.29, 1.82) is 0 Å². The fraction of sp³-hybridized carbons (Fsp3) is 0.590. The summed E-state index contributed by atoms with van der Waals surface area (Å²) in [6, 6.07) is 17.7. The first-order valence-electron chi connectivity index (χ1n) is 18.2. The van der Waals surface area contributed by atoms with Gasteiger partial charge in [-0.3, -0.25) is 9.80 Å². The van der Waals surface area contributed by atoms with E-state index in [-0.39, 0.29) is 18.6 Å². The minimum Gasteiger partial charge on any atom is -0.494 e. The number of unbranched alkanes of at least 4 members (excludes halogenated alkanes) is 3. The van der Waals surface area contributed by atoms with Gasteiger partial charge in [0.1, 0.15) is 5.75 Å². The Morgan fingerprint density at radius 2 is 1.57 bits per heavy atom. The number of urea groups is 1. The summed E-state index contributed by atoms with van der Waals surface area (Å²) in [4.78, 5) is 33.6. The second-order valence-electron chi connectivity index (χ2n) is 13.5. The second kappa shape index (κ2) is 18.3. The number of benzene rings is 2. The SMILES string of the molecule is CCOC(=O)C1=C(C)N(CCC2CCN(Cc3ccccc3)CC2)C(=O)NC1c1ccc(OCCCCCCN2CCCCC2)cc1. The van der Waals surface area contributed by atoms with Gasteiger partial charge in [0.25, 0.3) is 0 Å². The average Bonchev–Trinajstić information content (AvgIpc) is 3.09. The van der Waals surface area contributed by atoms with E-state index in [4.69, 9.17) is 9.47 Å². The zero-order valence-electron chi connectivity index (χ0n) is 28.8. The highest BCUT2D eigenvalue weighted by Gasteiger charge is 2.36. The summed E-state index contributed by atoms with van der Waals surface area (Å²) in [5.74, 6) is 0.979. The molecule has 8 heteroatoms. The lowest BCUT2D eigenvalue weighted by Crippen LogP contribution is -2.48. The Hall–Kier alpha value is -3.36. The van der Waals surface area contributed by atoms with E-state index in [9.17, 15) is 9.59 Å². The number of piperidine rings is 2. The fourth-order valence-corrected chi connectivity index (χ4v) is 7.28. The van der Waals surface area contributed by atoms with Crippen LogP contribution in [-0.2, 0) is 16.1 Å². The number of nitrogens with one attached hydrogen (secondary N) is 1. The fourth-order valence-electron chi connectivity index (χ4n) is 7.28. The highest BCUT2D eigenvalue weighted by atomic mass is 16.5. The Kier molecular flexibility index (Phi) is 13.6. The minimum absolute atomic E-state index is 0.164. The Bertz CT molecular complexity index is 1280. The molecule has 0 bridgehead atoms. The topological polar surface area (TPSA) is 74.3 Å². The number of ether oxygens (including phenoxy) is 2. The third kappa shape index (κ3) is 10.3. The summed E-state index contributed by atoms with van der Waals surface area (Å²) < 4.78 is 11.5. The van der Waals surface area contributed by atoms with Crippen molar-refractivity contribution in [2.24, 2.45) is 5.92 Å². The van der Waals surface area contributed by atoms with Gasteiger partial charge in [-0.15, -0.1) is 0 Å². The van der Waals surface area contributed by atoms with E-state index in [2.05, 4.69) is 45.4 Å². The van der Waals surface area contributed by atoms with E-state index >= 15 is 0 Å². The van der Waals surface area contributed by atoms with E-state index in [1.807, 2.05) is 38.1 Å². The summed E-state index contributed by atoms with van der Waals surface area (Å²) in [7, 11) is 0. The van der Waals surface area contributed by atoms with Crippen molar-refractivity contribution in [3.05, 3.63) is 77.0 Å². The highest BCUT2D eigenvalue weighted by molar-refractivity contribution is 5.95. The molecule has 2 amide bonds. The van der Waals surface area contributed by atoms with Crippen molar-refractivity contribution >= 4 is 12.0 Å². The van der Waals surface area contributed by atoms with Crippen molar-refractivity contribution < 1.29 is 19.1 Å². The number of amides is 2. The van der Waals surface area contributed by atoms with Crippen LogP contribution in [-0.4, -0.2) is 79.2 Å². The molecule has 256 valence electrons. The van der Waals surface area contributed by atoms with Crippen LogP contribution in [0.1, 0.15) is 95.2 Å². The number of likely N-dealkylation sites (tertiary alicyclic amines) is 2. The number of esters is 1. The molecule has 0 spiro atoms. The van der Waals surface area contributed by atoms with E-state index in [1.54, 1.807) is 4.90 Å². The van der Waals surface area contributed by atoms with Gasteiger partial charge in [0.05, 0.1) is 24.8 Å². The molecule has 3 heterocycles. The summed E-state index contributed by atoms with van der Waals surface area (Å²) >= 11 is 0. The van der Waals surface area contributed by atoms with Crippen molar-refractivity contribution in [2.75, 3.05) is 52.5 Å². The summed E-state index contributed by atoms with van der Waals surface area (Å²) in [6.07, 6.45) is 12.0. The van der Waals surface area contributed by atoms with Crippen LogP contribution >= 0.6 is 0 Å². The molecule has 3 aliphatic heterocycles. The van der Waals surface area contributed by atoms with Crippen molar-refractivity contribution in [2.45, 2.75) is 90.6 Å². The standard InChI is InChI=1S/C39H56N4O4/c1-3-46-38(44)36-31(2)43(28-22-32-20-26-42(27-21-32)30-33-14-8-6-9-15-33)39(45)40-37(36)34-16-18-35(19-17-34)47-29-13-5-4-10-23-41-24-11-7-12-25-41/h6,8-9,14-19,32,37H,3-5,7,10-13,20-30H2,1-2H3,(H,40,45). The molecule has 47 heavy (non-hydrogen) atoms. The number of hydrogen-bond donors (Lipinski definition) is 1. The summed E-state index contributed by atoms with van der Waals surface area (Å²) in [5, 5.41) is 3.12. The molecule has 8 nitrogen and oxygen atoms in total. The normalized spacial score (nSPS) is 19.9. The molecule has 0 aliphatic carbocycles. The van der Waals surface area contributed by atoms with Crippen LogP contribution in [0.4, 0.5) is 4.79 Å². The molecule has 1 N–H and O–H groups in total. The van der Waals surface area contributed by atoms with E-state index in [0.29, 0.717) is 30.3 Å². The van der Waals surface area contributed by atoms with Crippen molar-refractivity contribution in [3.8, 4) is 5.75 Å². The largest absolute Gasteiger partial charge is 0.494 e. The van der Waals surface area contributed by atoms with E-state index in [0.717, 1.165) is 56.6 Å². The van der Waals surface area contributed by atoms with Gasteiger partial charge < -0.3 is 19.7 Å². The van der Waals surface area contributed by atoms with Crippen LogP contribution in [0.3, 0.4) is 0 Å². The first-order valence-corrected chi connectivity index (χ1v) is 18.2. The molecule has 2 aromatic carbocycles. The quantitative estimate of drug-likeness (QED) is 0.153. The zero-order valence-corrected chi connectivity index (χ0v) is 28.8. The molecule has 0 aromatic heterocycles. The van der Waals surface area contributed by atoms with Crippen LogP contribution in [0, 0.1) is 5.92 Å². The number of hydrogen-bond acceptors (Lipinski definition) is 6. The number of nitrogens with zero attached hydrogens (tertiary/aromatic N) is 3. The Balaban J connectivity index is 1.10. The molecular weight excluding hydrogens is 588 g/mol. The van der Waals surface area contributed by atoms with Gasteiger partial charge in [0.2, 0.25) is 0 Å². The second-order valence-corrected chi connectivity index (χ2v) is 13.5. The Morgan fingerprint density at radius 3 is 2.30 bits per heavy atom. The van der Waals surface area contributed by atoms with Gasteiger partial charge >= 0.3 is 12.0 Å². The predicted molar refractivity (Wildman–Crippen MR) is 187 cm³/mol. The molecule has 1 unspecified atom stereocenters. The molecule has 3 aliphatic rings. The molecule has 1 atom stereocenters. The molecule has 2 fully saturated rings. The van der Waals surface area contributed by atoms with Crippen LogP contribution < -0.4 is 10.1 Å². The van der Waals surface area contributed by atoms with Gasteiger partial charge in [0, 0.05) is 18.8 Å². The van der Waals surface area contributed by atoms with Crippen LogP contribution in [0.25, 0.3) is 0 Å². The predicted octanol–water partition coefficient (Wildman–Crippen LogP) is 7.32. The van der Waals surface area contributed by atoms with Crippen LogP contribution in [0.2, 0.25) is 0 Å². The maximum absolute atomic E-state index is 13.4. The van der Waals surface area contributed by atoms with E-state index in [1.165, 1.54) is 63.7 Å². The number of carbonyl (C=O) groups is 2. The summed E-state index contributed by atoms with van der Waals surface area (Å²) in [5.41, 5.74) is 3.38. The number of rotatable bonds is 16. The lowest BCUT2D eigenvalue weighted by atomic mass is 9.92. The van der Waals surface area contributed by atoms with E-state index < -0.39 is 6.04 Å². The highest BCUT2D eigenvalue weighted by Crippen LogP contribution is 2.33. The molecule has 0 saturated carbocycles. The Labute approximate surface area is 282 Å². The third-order valence-corrected chi connectivity index (χ3v) is 10.1. The molecule has 2 saturated heterocycles. The first-order chi connectivity index (χ1) is 23.0. The monoisotopic (exact) mass is 644 g/mol. The van der Waals surface area contributed by atoms with Crippen LogP contribution in [0.15, 0.2) is 65.9 Å². The molecule has 2 aromatic rings. The average molecular weight is 645 g/mol.